The largest absolute Gasteiger partial charge is 0.452 e. The Hall–Kier alpha value is -2.61. The quantitative estimate of drug-likeness (QED) is 0.363. The van der Waals surface area contributed by atoms with Crippen molar-refractivity contribution in [2.24, 2.45) is 23.7 Å². The highest BCUT2D eigenvalue weighted by Crippen LogP contribution is 2.59. The Morgan fingerprint density at radius 1 is 0.971 bits per heavy atom. The molecule has 0 unspecified atom stereocenters. The maximum atomic E-state index is 13.2. The van der Waals surface area contributed by atoms with Crippen LogP contribution in [0, 0.1) is 23.7 Å². The number of nitrogens with one attached hydrogen (secondary N) is 1. The van der Waals surface area contributed by atoms with Gasteiger partial charge in [-0.1, -0.05) is 17.7 Å². The summed E-state index contributed by atoms with van der Waals surface area (Å²) in [6, 6.07) is 12.5. The summed E-state index contributed by atoms with van der Waals surface area (Å²) in [4.78, 5) is 52.1. The summed E-state index contributed by atoms with van der Waals surface area (Å²) in [6.45, 7) is -0.505. The van der Waals surface area contributed by atoms with E-state index in [9.17, 15) is 19.2 Å². The second kappa shape index (κ2) is 8.87. The molecule has 5 rings (SSSR count). The number of nitrogens with zero attached hydrogens (tertiary/aromatic N) is 1. The van der Waals surface area contributed by atoms with Gasteiger partial charge in [-0.3, -0.25) is 19.3 Å². The Bertz CT molecular complexity index is 1160. The lowest BCUT2D eigenvalue weighted by atomic mass is 9.80. The molecule has 3 amide bonds. The van der Waals surface area contributed by atoms with Gasteiger partial charge in [0.25, 0.3) is 5.91 Å². The van der Waals surface area contributed by atoms with Gasteiger partial charge < -0.3 is 10.1 Å². The second-order valence-corrected chi connectivity index (χ2v) is 10.1. The van der Waals surface area contributed by atoms with Crippen molar-refractivity contribution in [1.82, 2.24) is 0 Å². The molecule has 1 N–H and O–H groups in total. The number of halogens is 3. The van der Waals surface area contributed by atoms with Crippen molar-refractivity contribution >= 4 is 69.9 Å². The van der Waals surface area contributed by atoms with E-state index in [-0.39, 0.29) is 45.7 Å². The molecule has 2 aromatic carbocycles. The Labute approximate surface area is 210 Å². The van der Waals surface area contributed by atoms with E-state index < -0.39 is 30.3 Å². The van der Waals surface area contributed by atoms with Gasteiger partial charge in [0.05, 0.1) is 33.8 Å². The minimum absolute atomic E-state index is 0.114. The monoisotopic (exact) mass is 520 g/mol. The Morgan fingerprint density at radius 3 is 2.21 bits per heavy atom. The molecule has 2 bridgehead atoms. The zero-order valence-corrected chi connectivity index (χ0v) is 19.9. The van der Waals surface area contributed by atoms with E-state index in [4.69, 9.17) is 39.5 Å². The summed E-state index contributed by atoms with van der Waals surface area (Å²) >= 11 is 18.6. The average molecular weight is 522 g/mol. The first-order valence-electron chi connectivity index (χ1n) is 10.7. The number of hydrogen-bond acceptors (Lipinski definition) is 5. The molecule has 2 aromatic rings. The van der Waals surface area contributed by atoms with Gasteiger partial charge in [0, 0.05) is 10.7 Å². The molecule has 2 saturated carbocycles. The number of amides is 3. The lowest BCUT2D eigenvalue weighted by Gasteiger charge is -2.28. The zero-order chi connectivity index (χ0) is 24.1. The molecule has 34 heavy (non-hydrogen) atoms. The van der Waals surface area contributed by atoms with Gasteiger partial charge >= 0.3 is 5.97 Å². The number of rotatable bonds is 5. The topological polar surface area (TPSA) is 92.8 Å². The number of hydrogen-bond donors (Lipinski definition) is 1. The Balaban J connectivity index is 1.26. The van der Waals surface area contributed by atoms with E-state index in [2.05, 4.69) is 5.32 Å². The van der Waals surface area contributed by atoms with Crippen LogP contribution in [0.5, 0.6) is 0 Å². The lowest BCUT2D eigenvalue weighted by Crippen LogP contribution is -2.37. The number of anilines is 2. The number of carbonyl (C=O) groups excluding carboxylic acids is 4. The highest BCUT2D eigenvalue weighted by Gasteiger charge is 2.66. The van der Waals surface area contributed by atoms with Crippen molar-refractivity contribution in [2.45, 2.75) is 17.2 Å². The van der Waals surface area contributed by atoms with Crippen molar-refractivity contribution in [2.75, 3.05) is 16.8 Å². The summed E-state index contributed by atoms with van der Waals surface area (Å²) in [5.74, 6) is -3.14. The van der Waals surface area contributed by atoms with Gasteiger partial charge in [-0.15, -0.1) is 23.2 Å². The number of alkyl halides is 2. The second-order valence-electron chi connectivity index (χ2n) is 8.70. The summed E-state index contributed by atoms with van der Waals surface area (Å²) in [7, 11) is 0. The third-order valence-electron chi connectivity index (χ3n) is 6.79. The average Bonchev–Trinajstić information content (AvgIpc) is 3.44. The first-order chi connectivity index (χ1) is 16.3. The molecule has 10 heteroatoms. The van der Waals surface area contributed by atoms with Gasteiger partial charge in [0.1, 0.15) is 0 Å². The zero-order valence-electron chi connectivity index (χ0n) is 17.6. The van der Waals surface area contributed by atoms with Crippen LogP contribution < -0.4 is 10.2 Å². The summed E-state index contributed by atoms with van der Waals surface area (Å²) in [5.41, 5.74) is 0.903. The third kappa shape index (κ3) is 3.85. The maximum Gasteiger partial charge on any atom is 0.338 e. The fourth-order valence-electron chi connectivity index (χ4n) is 5.32. The van der Waals surface area contributed by atoms with Crippen LogP contribution in [-0.2, 0) is 19.1 Å². The Kier molecular flexibility index (Phi) is 6.04. The molecule has 1 heterocycles. The van der Waals surface area contributed by atoms with Crippen LogP contribution in [0.15, 0.2) is 48.5 Å². The number of carbonyl (C=O) groups is 4. The number of esters is 1. The first-order valence-corrected chi connectivity index (χ1v) is 12.0. The molecule has 3 fully saturated rings. The highest BCUT2D eigenvalue weighted by atomic mass is 35.5. The molecule has 176 valence electrons. The van der Waals surface area contributed by atoms with Gasteiger partial charge in [-0.05, 0) is 60.7 Å². The SMILES string of the molecule is O=C(COC(=O)c1cccc(N2C(=O)[C@@H]3[C@H]4C[C@@H]([C@H](Cl)[C@H]4Cl)[C@@H]3C2=O)c1)Nc1ccc(Cl)cc1. The number of fused-ring (bicyclic) bond motifs is 5. The van der Waals surface area contributed by atoms with Gasteiger partial charge in [0.2, 0.25) is 11.8 Å². The van der Waals surface area contributed by atoms with Crippen molar-refractivity contribution in [3.05, 3.63) is 59.1 Å². The van der Waals surface area contributed by atoms with E-state index >= 15 is 0 Å². The maximum absolute atomic E-state index is 13.2. The van der Waals surface area contributed by atoms with Crippen molar-refractivity contribution < 1.29 is 23.9 Å². The fraction of sp³-hybridized carbons (Fsp3) is 0.333. The minimum atomic E-state index is -0.755. The van der Waals surface area contributed by atoms with Crippen molar-refractivity contribution in [3.63, 3.8) is 0 Å². The van der Waals surface area contributed by atoms with Crippen molar-refractivity contribution in [1.29, 1.82) is 0 Å². The predicted molar refractivity (Wildman–Crippen MR) is 127 cm³/mol. The molecule has 7 nitrogen and oxygen atoms in total. The molecule has 0 radical (unpaired) electrons. The van der Waals surface area contributed by atoms with Crippen LogP contribution in [0.2, 0.25) is 5.02 Å². The highest BCUT2D eigenvalue weighted by molar-refractivity contribution is 6.32. The summed E-state index contributed by atoms with van der Waals surface area (Å²) < 4.78 is 5.10. The fourth-order valence-corrected chi connectivity index (χ4v) is 6.34. The van der Waals surface area contributed by atoms with Crippen LogP contribution in [0.25, 0.3) is 0 Å². The van der Waals surface area contributed by atoms with Crippen LogP contribution >= 0.6 is 34.8 Å². The van der Waals surface area contributed by atoms with Crippen LogP contribution in [0.1, 0.15) is 16.8 Å². The summed E-state index contributed by atoms with van der Waals surface area (Å²) in [5, 5.41) is 2.44. The number of imide groups is 1. The van der Waals surface area contributed by atoms with E-state index in [1.54, 1.807) is 36.4 Å². The summed E-state index contributed by atoms with van der Waals surface area (Å²) in [6.07, 6.45) is 0.674. The smallest absolute Gasteiger partial charge is 0.338 e. The van der Waals surface area contributed by atoms with E-state index in [1.165, 1.54) is 12.1 Å². The molecular formula is C24H19Cl3N2O5. The van der Waals surface area contributed by atoms with Crippen LogP contribution in [0.3, 0.4) is 0 Å². The molecule has 2 aliphatic carbocycles. The lowest BCUT2D eigenvalue weighted by molar-refractivity contribution is -0.123. The van der Waals surface area contributed by atoms with Crippen LogP contribution in [-0.4, -0.2) is 41.1 Å². The van der Waals surface area contributed by atoms with E-state index in [0.29, 0.717) is 17.1 Å². The predicted octanol–water partition coefficient (Wildman–Crippen LogP) is 4.11. The molecule has 3 aliphatic rings. The van der Waals surface area contributed by atoms with E-state index in [0.717, 1.165) is 4.90 Å². The Morgan fingerprint density at radius 2 is 1.59 bits per heavy atom. The molecule has 1 aliphatic heterocycles. The van der Waals surface area contributed by atoms with Crippen molar-refractivity contribution in [3.8, 4) is 0 Å². The minimum Gasteiger partial charge on any atom is -0.452 e. The van der Waals surface area contributed by atoms with Gasteiger partial charge in [-0.2, -0.15) is 0 Å². The standard InChI is InChI=1S/C24H19Cl3N2O5/c25-12-4-6-13(7-5-12)28-17(30)10-34-24(33)11-2-1-3-14(8-11)29-22(31)18-15-9-16(19(18)23(29)32)21(27)20(15)26/h1-8,15-16,18-21H,9-10H2,(H,28,30)/t15-,16-,18-,19+,20+,21+/m1/s1. The van der Waals surface area contributed by atoms with E-state index in [1.807, 2.05) is 0 Å². The molecule has 6 atom stereocenters. The molecule has 0 aromatic heterocycles. The van der Waals surface area contributed by atoms with Gasteiger partial charge in [0.15, 0.2) is 6.61 Å². The normalized spacial score (nSPS) is 29.3. The number of ether oxygens (including phenoxy) is 1. The van der Waals surface area contributed by atoms with Gasteiger partial charge in [-0.25, -0.2) is 4.79 Å². The third-order valence-corrected chi connectivity index (χ3v) is 8.36. The van der Waals surface area contributed by atoms with Crippen LogP contribution in [0.4, 0.5) is 11.4 Å². The first kappa shape index (κ1) is 23.1. The molecular weight excluding hydrogens is 503 g/mol. The molecule has 1 saturated heterocycles. The number of benzene rings is 2. The molecule has 0 spiro atoms.